The standard InChI is InChI=1S/C33H54O5/c1-20(2)21-11-16-33(28(35)36)18-17-31(6)22(27(21)33)9-10-24-30(5)14-13-25(38-26(34)19-37-8)29(3,4)23(30)12-15-32(24,31)7/h20-25,27H,9-19H2,1-8H3,(H,35,36)/t21-,22?,23?,24?,25+,27?,30-,31+,32+,33-/m0/s1. The number of carbonyl (C=O) groups is 2. The maximum atomic E-state index is 12.9. The minimum Gasteiger partial charge on any atom is -0.481 e. The molecule has 0 heterocycles. The Kier molecular flexibility index (Phi) is 6.89. The number of methoxy groups -OCH3 is 1. The van der Waals surface area contributed by atoms with Crippen molar-refractivity contribution in [3.8, 4) is 0 Å². The van der Waals surface area contributed by atoms with Crippen molar-refractivity contribution in [3.63, 3.8) is 0 Å². The van der Waals surface area contributed by atoms with Crippen molar-refractivity contribution in [2.45, 2.75) is 119 Å². The third kappa shape index (κ3) is 3.64. The van der Waals surface area contributed by atoms with Crippen LogP contribution in [0.1, 0.15) is 113 Å². The lowest BCUT2D eigenvalue weighted by Gasteiger charge is -2.72. The molecule has 5 aliphatic carbocycles. The Morgan fingerprint density at radius 2 is 1.55 bits per heavy atom. The molecule has 0 aromatic rings. The van der Waals surface area contributed by atoms with Crippen LogP contribution in [0.2, 0.25) is 0 Å². The third-order valence-corrected chi connectivity index (χ3v) is 14.2. The number of aliphatic carboxylic acids is 1. The molecule has 0 aliphatic heterocycles. The van der Waals surface area contributed by atoms with Crippen molar-refractivity contribution in [3.05, 3.63) is 0 Å². The zero-order chi connectivity index (χ0) is 27.9. The van der Waals surface area contributed by atoms with E-state index in [0.717, 1.165) is 38.5 Å². The van der Waals surface area contributed by atoms with Gasteiger partial charge in [0, 0.05) is 12.5 Å². The van der Waals surface area contributed by atoms with Gasteiger partial charge in [0.15, 0.2) is 0 Å². The van der Waals surface area contributed by atoms with Crippen molar-refractivity contribution in [1.82, 2.24) is 0 Å². The van der Waals surface area contributed by atoms with Gasteiger partial charge in [-0.3, -0.25) is 4.79 Å². The maximum Gasteiger partial charge on any atom is 0.332 e. The second-order valence-corrected chi connectivity index (χ2v) is 15.9. The average molecular weight is 531 g/mol. The first-order valence-corrected chi connectivity index (χ1v) is 15.6. The lowest BCUT2D eigenvalue weighted by Crippen LogP contribution is -2.67. The van der Waals surface area contributed by atoms with Crippen molar-refractivity contribution in [2.75, 3.05) is 13.7 Å². The second-order valence-electron chi connectivity index (χ2n) is 15.9. The zero-order valence-corrected chi connectivity index (χ0v) is 25.4. The summed E-state index contributed by atoms with van der Waals surface area (Å²) in [5, 5.41) is 10.6. The van der Waals surface area contributed by atoms with Crippen LogP contribution < -0.4 is 0 Å². The minimum atomic E-state index is -0.515. The molecule has 5 fully saturated rings. The monoisotopic (exact) mass is 530 g/mol. The molecule has 5 rings (SSSR count). The lowest BCUT2D eigenvalue weighted by molar-refractivity contribution is -0.252. The van der Waals surface area contributed by atoms with E-state index in [1.165, 1.54) is 25.7 Å². The smallest absolute Gasteiger partial charge is 0.332 e. The molecule has 0 spiro atoms. The van der Waals surface area contributed by atoms with E-state index in [9.17, 15) is 14.7 Å². The van der Waals surface area contributed by atoms with Crippen LogP contribution in [0.5, 0.6) is 0 Å². The molecule has 5 aliphatic rings. The molecule has 10 atom stereocenters. The predicted molar refractivity (Wildman–Crippen MR) is 148 cm³/mol. The van der Waals surface area contributed by atoms with Crippen molar-refractivity contribution in [1.29, 1.82) is 0 Å². The highest BCUT2D eigenvalue weighted by atomic mass is 16.6. The van der Waals surface area contributed by atoms with E-state index >= 15 is 0 Å². The first-order valence-electron chi connectivity index (χ1n) is 15.6. The molecule has 0 aromatic carbocycles. The van der Waals surface area contributed by atoms with Crippen LogP contribution in [-0.2, 0) is 19.1 Å². The average Bonchev–Trinajstić information content (AvgIpc) is 3.23. The van der Waals surface area contributed by atoms with Gasteiger partial charge in [-0.15, -0.1) is 0 Å². The fraction of sp³-hybridized carbons (Fsp3) is 0.939. The van der Waals surface area contributed by atoms with Gasteiger partial charge in [0.1, 0.15) is 12.7 Å². The molecule has 5 nitrogen and oxygen atoms in total. The van der Waals surface area contributed by atoms with Crippen LogP contribution in [-0.4, -0.2) is 36.9 Å². The van der Waals surface area contributed by atoms with Crippen molar-refractivity contribution < 1.29 is 24.2 Å². The molecular formula is C33H54O5. The van der Waals surface area contributed by atoms with Gasteiger partial charge in [-0.1, -0.05) is 48.5 Å². The van der Waals surface area contributed by atoms with Gasteiger partial charge in [0.2, 0.25) is 0 Å². The van der Waals surface area contributed by atoms with Gasteiger partial charge >= 0.3 is 11.9 Å². The topological polar surface area (TPSA) is 72.8 Å². The largest absolute Gasteiger partial charge is 0.481 e. The Hall–Kier alpha value is -1.10. The number of fused-ring (bicyclic) bond motifs is 7. The zero-order valence-electron chi connectivity index (χ0n) is 25.4. The van der Waals surface area contributed by atoms with E-state index in [4.69, 9.17) is 9.47 Å². The van der Waals surface area contributed by atoms with E-state index in [0.29, 0.717) is 35.5 Å². The summed E-state index contributed by atoms with van der Waals surface area (Å²) in [5.74, 6) is 2.26. The van der Waals surface area contributed by atoms with Gasteiger partial charge in [-0.05, 0) is 116 Å². The van der Waals surface area contributed by atoms with E-state index in [2.05, 4.69) is 48.5 Å². The molecule has 1 N–H and O–H groups in total. The van der Waals surface area contributed by atoms with Gasteiger partial charge in [-0.2, -0.15) is 0 Å². The molecule has 0 saturated heterocycles. The highest BCUT2D eigenvalue weighted by Gasteiger charge is 2.72. The van der Waals surface area contributed by atoms with Gasteiger partial charge < -0.3 is 14.6 Å². The fourth-order valence-corrected chi connectivity index (χ4v) is 12.3. The lowest BCUT2D eigenvalue weighted by atomic mass is 9.32. The molecule has 0 aromatic heterocycles. The number of hydrogen-bond acceptors (Lipinski definition) is 4. The molecular weight excluding hydrogens is 476 g/mol. The molecule has 0 amide bonds. The predicted octanol–water partition coefficient (Wildman–Crippen LogP) is 7.37. The first kappa shape index (κ1) is 28.4. The number of esters is 1. The van der Waals surface area contributed by atoms with Gasteiger partial charge in [0.05, 0.1) is 5.41 Å². The summed E-state index contributed by atoms with van der Waals surface area (Å²) in [6, 6.07) is 0. The van der Waals surface area contributed by atoms with Crippen LogP contribution >= 0.6 is 0 Å². The normalized spacial score (nSPS) is 49.4. The fourth-order valence-electron chi connectivity index (χ4n) is 12.3. The SMILES string of the molecule is COCC(=O)O[C@@H]1CC[C@@]2(C)C(CC[C@]3(C)C2CCC2C4[C@H](C(C)C)CC[C@]4(C(=O)O)CC[C@]23C)C1(C)C. The highest BCUT2D eigenvalue weighted by molar-refractivity contribution is 5.76. The van der Waals surface area contributed by atoms with Crippen LogP contribution in [0.25, 0.3) is 0 Å². The van der Waals surface area contributed by atoms with E-state index < -0.39 is 11.4 Å². The first-order chi connectivity index (χ1) is 17.7. The number of hydrogen-bond donors (Lipinski definition) is 1. The summed E-state index contributed by atoms with van der Waals surface area (Å²) in [5.41, 5.74) is 0.0237. The van der Waals surface area contributed by atoms with Crippen molar-refractivity contribution >= 4 is 11.9 Å². The number of rotatable bonds is 5. The highest BCUT2D eigenvalue weighted by Crippen LogP contribution is 2.77. The third-order valence-electron chi connectivity index (χ3n) is 14.2. The number of carboxylic acid groups (broad SMARTS) is 1. The van der Waals surface area contributed by atoms with Crippen molar-refractivity contribution in [2.24, 2.45) is 62.6 Å². The Morgan fingerprint density at radius 3 is 2.18 bits per heavy atom. The van der Waals surface area contributed by atoms with Gasteiger partial charge in [0.25, 0.3) is 0 Å². The Labute approximate surface area is 231 Å². The molecule has 0 radical (unpaired) electrons. The van der Waals surface area contributed by atoms with Crippen LogP contribution in [0.4, 0.5) is 0 Å². The van der Waals surface area contributed by atoms with Crippen LogP contribution in [0.15, 0.2) is 0 Å². The Morgan fingerprint density at radius 1 is 0.842 bits per heavy atom. The summed E-state index contributed by atoms with van der Waals surface area (Å²) >= 11 is 0. The van der Waals surface area contributed by atoms with E-state index in [1.807, 2.05) is 0 Å². The van der Waals surface area contributed by atoms with Crippen LogP contribution in [0.3, 0.4) is 0 Å². The molecule has 5 saturated carbocycles. The molecule has 38 heavy (non-hydrogen) atoms. The number of carboxylic acids is 1. The second kappa shape index (κ2) is 9.21. The summed E-state index contributed by atoms with van der Waals surface area (Å²) in [4.78, 5) is 25.2. The Balaban J connectivity index is 1.47. The maximum absolute atomic E-state index is 12.9. The summed E-state index contributed by atoms with van der Waals surface area (Å²) in [7, 11) is 1.55. The van der Waals surface area contributed by atoms with Crippen LogP contribution in [0, 0.1) is 62.6 Å². The summed E-state index contributed by atoms with van der Waals surface area (Å²) in [6.45, 7) is 17.1. The number of ether oxygens (including phenoxy) is 2. The summed E-state index contributed by atoms with van der Waals surface area (Å²) in [6.07, 6.45) is 10.6. The quantitative estimate of drug-likeness (QED) is 0.376. The molecule has 5 heteroatoms. The summed E-state index contributed by atoms with van der Waals surface area (Å²) < 4.78 is 11.1. The minimum absolute atomic E-state index is 0.0192. The van der Waals surface area contributed by atoms with E-state index in [-0.39, 0.29) is 40.3 Å². The molecule has 0 bridgehead atoms. The van der Waals surface area contributed by atoms with Gasteiger partial charge in [-0.25, -0.2) is 4.79 Å². The Bertz CT molecular complexity index is 957. The number of carbonyl (C=O) groups excluding carboxylic acids is 1. The molecule has 216 valence electrons. The van der Waals surface area contributed by atoms with E-state index in [1.54, 1.807) is 7.11 Å². The molecule has 4 unspecified atom stereocenters.